The zero-order valence-electron chi connectivity index (χ0n) is 15.4. The smallest absolute Gasteiger partial charge is 0.251 e. The second-order valence-electron chi connectivity index (χ2n) is 7.94. The molecule has 4 nitrogen and oxygen atoms in total. The summed E-state index contributed by atoms with van der Waals surface area (Å²) in [4.78, 5) is 26.3. The fourth-order valence-electron chi connectivity index (χ4n) is 2.75. The number of piperidine rings is 1. The van der Waals surface area contributed by atoms with Gasteiger partial charge in [-0.2, -0.15) is 0 Å². The third kappa shape index (κ3) is 5.93. The number of likely N-dealkylation sites (tertiary alicyclic amines) is 1. The molecule has 0 radical (unpaired) electrons. The first-order valence-electron chi connectivity index (χ1n) is 8.67. The monoisotopic (exact) mass is 402 g/mol. The second kappa shape index (κ2) is 8.24. The van der Waals surface area contributed by atoms with Gasteiger partial charge in [-0.1, -0.05) is 44.0 Å². The minimum Gasteiger partial charge on any atom is -0.349 e. The van der Waals surface area contributed by atoms with Gasteiger partial charge in [0.2, 0.25) is 0 Å². The fourth-order valence-corrected chi connectivity index (χ4v) is 3.28. The fraction of sp³-hybridized carbons (Fsp3) is 0.579. The minimum atomic E-state index is -1.47. The van der Waals surface area contributed by atoms with Crippen LogP contribution in [0.15, 0.2) is 18.2 Å². The van der Waals surface area contributed by atoms with Crippen LogP contribution in [0.2, 0.25) is 10.0 Å². The van der Waals surface area contributed by atoms with Crippen LogP contribution in [0.4, 0.5) is 4.39 Å². The third-order valence-corrected chi connectivity index (χ3v) is 5.08. The van der Waals surface area contributed by atoms with E-state index in [9.17, 15) is 14.0 Å². The summed E-state index contributed by atoms with van der Waals surface area (Å²) in [6.45, 7) is 6.92. The summed E-state index contributed by atoms with van der Waals surface area (Å²) in [5.74, 6) is -0.258. The Morgan fingerprint density at radius 3 is 2.19 bits per heavy atom. The summed E-state index contributed by atoms with van der Waals surface area (Å²) in [7, 11) is 0. The number of alkyl halides is 1. The molecule has 1 aliphatic heterocycles. The van der Waals surface area contributed by atoms with E-state index in [-0.39, 0.29) is 25.2 Å². The summed E-state index contributed by atoms with van der Waals surface area (Å²) in [6.07, 6.45) is 0.558. The van der Waals surface area contributed by atoms with Crippen molar-refractivity contribution in [3.05, 3.63) is 33.8 Å². The lowest BCUT2D eigenvalue weighted by molar-refractivity contribution is -0.128. The first-order valence-corrected chi connectivity index (χ1v) is 9.43. The van der Waals surface area contributed by atoms with Gasteiger partial charge in [-0.15, -0.1) is 0 Å². The van der Waals surface area contributed by atoms with Crippen LogP contribution in [0.5, 0.6) is 0 Å². The van der Waals surface area contributed by atoms with Gasteiger partial charge in [-0.3, -0.25) is 14.5 Å². The number of halogens is 3. The predicted molar refractivity (Wildman–Crippen MR) is 103 cm³/mol. The van der Waals surface area contributed by atoms with Gasteiger partial charge >= 0.3 is 0 Å². The molecule has 0 atom stereocenters. The van der Waals surface area contributed by atoms with Crippen LogP contribution in [0.3, 0.4) is 0 Å². The van der Waals surface area contributed by atoms with Crippen molar-refractivity contribution in [3.63, 3.8) is 0 Å². The third-order valence-electron chi connectivity index (χ3n) is 4.65. The molecule has 0 saturated carbocycles. The highest BCUT2D eigenvalue weighted by Crippen LogP contribution is 2.27. The highest BCUT2D eigenvalue weighted by atomic mass is 35.5. The van der Waals surface area contributed by atoms with Crippen LogP contribution < -0.4 is 5.32 Å². The van der Waals surface area contributed by atoms with E-state index in [0.29, 0.717) is 35.2 Å². The van der Waals surface area contributed by atoms with Gasteiger partial charge in [0.25, 0.3) is 5.91 Å². The Morgan fingerprint density at radius 1 is 1.15 bits per heavy atom. The molecule has 0 spiro atoms. The van der Waals surface area contributed by atoms with Gasteiger partial charge in [0.15, 0.2) is 5.78 Å². The number of nitrogens with one attached hydrogen (secondary N) is 1. The van der Waals surface area contributed by atoms with Gasteiger partial charge in [-0.05, 0) is 31.0 Å². The minimum absolute atomic E-state index is 0.0724. The van der Waals surface area contributed by atoms with E-state index in [2.05, 4.69) is 5.32 Å². The molecule has 1 saturated heterocycles. The second-order valence-corrected chi connectivity index (χ2v) is 8.81. The average molecular weight is 403 g/mol. The van der Waals surface area contributed by atoms with Crippen molar-refractivity contribution in [3.8, 4) is 0 Å². The van der Waals surface area contributed by atoms with Crippen LogP contribution in [-0.4, -0.2) is 48.4 Å². The molecule has 2 rings (SSSR count). The normalized spacial score (nSPS) is 17.8. The van der Waals surface area contributed by atoms with E-state index in [0.717, 1.165) is 0 Å². The molecule has 1 heterocycles. The van der Waals surface area contributed by atoms with Crippen LogP contribution >= 0.6 is 23.2 Å². The van der Waals surface area contributed by atoms with Crippen LogP contribution in [0.25, 0.3) is 0 Å². The quantitative estimate of drug-likeness (QED) is 0.804. The van der Waals surface area contributed by atoms with Crippen molar-refractivity contribution < 1.29 is 14.0 Å². The summed E-state index contributed by atoms with van der Waals surface area (Å²) in [6, 6.07) is 4.52. The van der Waals surface area contributed by atoms with Crippen LogP contribution in [-0.2, 0) is 4.79 Å². The van der Waals surface area contributed by atoms with E-state index in [1.807, 2.05) is 25.7 Å². The zero-order valence-corrected chi connectivity index (χ0v) is 16.9. The van der Waals surface area contributed by atoms with Crippen molar-refractivity contribution in [1.82, 2.24) is 10.2 Å². The summed E-state index contributed by atoms with van der Waals surface area (Å²) in [5, 5.41) is 3.34. The lowest BCUT2D eigenvalue weighted by Crippen LogP contribution is -2.50. The number of Topliss-reactive ketones (excluding diaryl/α,β-unsaturated/α-hetero) is 1. The molecule has 1 N–H and O–H groups in total. The molecule has 7 heteroatoms. The molecular weight excluding hydrogens is 378 g/mol. The first-order chi connectivity index (χ1) is 12.0. The van der Waals surface area contributed by atoms with E-state index < -0.39 is 17.0 Å². The molecule has 0 aliphatic carbocycles. The summed E-state index contributed by atoms with van der Waals surface area (Å²) in [5.41, 5.74) is -1.56. The molecular formula is C19H25Cl2FN2O2. The summed E-state index contributed by atoms with van der Waals surface area (Å²) >= 11 is 11.8. The number of amides is 1. The molecule has 0 unspecified atom stereocenters. The van der Waals surface area contributed by atoms with E-state index in [4.69, 9.17) is 23.2 Å². The van der Waals surface area contributed by atoms with Gasteiger partial charge in [0.05, 0.1) is 13.1 Å². The van der Waals surface area contributed by atoms with E-state index >= 15 is 0 Å². The molecule has 1 fully saturated rings. The molecule has 1 aromatic rings. The number of carbonyl (C=O) groups is 2. The number of ketones is 1. The predicted octanol–water partition coefficient (Wildman–Crippen LogP) is 4.14. The van der Waals surface area contributed by atoms with Crippen molar-refractivity contribution >= 4 is 34.9 Å². The molecule has 26 heavy (non-hydrogen) atoms. The van der Waals surface area contributed by atoms with E-state index in [1.54, 1.807) is 0 Å². The Hall–Kier alpha value is -1.17. The number of rotatable bonds is 5. The van der Waals surface area contributed by atoms with Crippen molar-refractivity contribution in [2.75, 3.05) is 26.2 Å². The Balaban J connectivity index is 1.85. The van der Waals surface area contributed by atoms with Gasteiger partial charge in [0.1, 0.15) is 5.67 Å². The van der Waals surface area contributed by atoms with E-state index in [1.165, 1.54) is 18.2 Å². The van der Waals surface area contributed by atoms with Gasteiger partial charge in [0, 0.05) is 34.1 Å². The number of benzene rings is 1. The Kier molecular flexibility index (Phi) is 6.70. The van der Waals surface area contributed by atoms with Crippen molar-refractivity contribution in [1.29, 1.82) is 0 Å². The van der Waals surface area contributed by atoms with Crippen molar-refractivity contribution in [2.24, 2.45) is 5.41 Å². The SMILES string of the molecule is CC(C)(C)C(=O)CN1CCC(F)(CNC(=O)c2cc(Cl)cc(Cl)c2)CC1. The molecule has 1 aromatic carbocycles. The summed E-state index contributed by atoms with van der Waals surface area (Å²) < 4.78 is 15.0. The average Bonchev–Trinajstić information content (AvgIpc) is 2.53. The topological polar surface area (TPSA) is 49.4 Å². The molecule has 144 valence electrons. The Bertz CT molecular complexity index is 660. The molecule has 1 aliphatic rings. The standard InChI is InChI=1S/C19H25Cl2FN2O2/c1-18(2,3)16(25)11-24-6-4-19(22,5-7-24)12-23-17(26)13-8-14(20)10-15(21)9-13/h8-10H,4-7,11-12H2,1-3H3,(H,23,26). The number of hydrogen-bond donors (Lipinski definition) is 1. The highest BCUT2D eigenvalue weighted by molar-refractivity contribution is 6.35. The van der Waals surface area contributed by atoms with Gasteiger partial charge < -0.3 is 5.32 Å². The zero-order chi connectivity index (χ0) is 19.5. The molecule has 0 aromatic heterocycles. The maximum atomic E-state index is 15.0. The largest absolute Gasteiger partial charge is 0.349 e. The Labute approximate surface area is 164 Å². The van der Waals surface area contributed by atoms with Crippen LogP contribution in [0, 0.1) is 5.41 Å². The van der Waals surface area contributed by atoms with Crippen LogP contribution in [0.1, 0.15) is 44.0 Å². The Morgan fingerprint density at radius 2 is 1.69 bits per heavy atom. The van der Waals surface area contributed by atoms with Crippen molar-refractivity contribution in [2.45, 2.75) is 39.3 Å². The lowest BCUT2D eigenvalue weighted by Gasteiger charge is -2.37. The first kappa shape index (κ1) is 21.1. The maximum absolute atomic E-state index is 15.0. The molecule has 1 amide bonds. The molecule has 0 bridgehead atoms. The number of carbonyl (C=O) groups excluding carboxylic acids is 2. The number of nitrogens with zero attached hydrogens (tertiary/aromatic N) is 1. The van der Waals surface area contributed by atoms with Gasteiger partial charge in [-0.25, -0.2) is 4.39 Å². The lowest BCUT2D eigenvalue weighted by atomic mass is 9.89. The highest BCUT2D eigenvalue weighted by Gasteiger charge is 2.36. The maximum Gasteiger partial charge on any atom is 0.251 e. The number of hydrogen-bond acceptors (Lipinski definition) is 3.